The van der Waals surface area contributed by atoms with Crippen LogP contribution in [-0.4, -0.2) is 51.7 Å². The number of amides is 1. The number of methoxy groups -OCH3 is 1. The van der Waals surface area contributed by atoms with Crippen molar-refractivity contribution in [2.24, 2.45) is 0 Å². The van der Waals surface area contributed by atoms with E-state index in [1.807, 2.05) is 4.90 Å². The van der Waals surface area contributed by atoms with Crippen molar-refractivity contribution in [2.45, 2.75) is 6.42 Å². The first-order valence-electron chi connectivity index (χ1n) is 6.73. The number of ether oxygens (including phenoxy) is 1. The lowest BCUT2D eigenvalue weighted by Crippen LogP contribution is -2.31. The number of nitrogens with two attached hydrogens (primary N) is 1. The molecule has 0 atom stereocenters. The Morgan fingerprint density at radius 2 is 2.10 bits per heavy atom. The van der Waals surface area contributed by atoms with E-state index >= 15 is 0 Å². The zero-order valence-corrected chi connectivity index (χ0v) is 12.8. The minimum atomic E-state index is -0.0932. The van der Waals surface area contributed by atoms with Gasteiger partial charge in [-0.15, -0.1) is 0 Å². The second-order valence-electron chi connectivity index (χ2n) is 4.86. The highest BCUT2D eigenvalue weighted by Crippen LogP contribution is 2.25. The smallest absolute Gasteiger partial charge is 0.255 e. The number of nitrogen functional groups attached to an aromatic ring is 1. The summed E-state index contributed by atoms with van der Waals surface area (Å²) in [5, 5.41) is 8.80. The third-order valence-electron chi connectivity index (χ3n) is 3.06. The van der Waals surface area contributed by atoms with Gasteiger partial charge in [0.1, 0.15) is 0 Å². The van der Waals surface area contributed by atoms with Gasteiger partial charge in [0, 0.05) is 40.0 Å². The molecule has 1 amide bonds. The van der Waals surface area contributed by atoms with Crippen LogP contribution < -0.4 is 10.6 Å². The van der Waals surface area contributed by atoms with E-state index < -0.39 is 0 Å². The third kappa shape index (κ3) is 4.65. The number of benzene rings is 1. The van der Waals surface area contributed by atoms with Crippen LogP contribution in [0.1, 0.15) is 16.8 Å². The number of nitrogens with zero attached hydrogens (tertiary/aromatic N) is 3. The topological polar surface area (TPSA) is 82.6 Å². The van der Waals surface area contributed by atoms with Crippen molar-refractivity contribution in [1.29, 1.82) is 5.26 Å². The lowest BCUT2D eigenvalue weighted by molar-refractivity contribution is 0.0828. The van der Waals surface area contributed by atoms with Crippen LogP contribution in [-0.2, 0) is 4.74 Å². The Balaban J connectivity index is 3.17. The molecule has 1 aromatic rings. The maximum Gasteiger partial charge on any atom is 0.255 e. The van der Waals surface area contributed by atoms with Crippen LogP contribution in [0.2, 0.25) is 0 Å². The maximum atomic E-state index is 12.3. The Labute approximate surface area is 125 Å². The highest BCUT2D eigenvalue weighted by atomic mass is 16.5. The average molecular weight is 290 g/mol. The van der Waals surface area contributed by atoms with Gasteiger partial charge in [-0.1, -0.05) is 0 Å². The molecule has 0 aromatic heterocycles. The Morgan fingerprint density at radius 3 is 2.67 bits per heavy atom. The lowest BCUT2D eigenvalue weighted by Gasteiger charge is -2.27. The zero-order valence-electron chi connectivity index (χ0n) is 12.8. The van der Waals surface area contributed by atoms with Crippen LogP contribution >= 0.6 is 0 Å². The molecule has 0 radical (unpaired) electrons. The second kappa shape index (κ2) is 8.12. The first-order valence-corrected chi connectivity index (χ1v) is 6.73. The normalized spacial score (nSPS) is 10.0. The highest BCUT2D eigenvalue weighted by Gasteiger charge is 2.18. The largest absolute Gasteiger partial charge is 0.399 e. The molecule has 0 spiro atoms. The first-order chi connectivity index (χ1) is 10.0. The molecule has 0 saturated carbocycles. The van der Waals surface area contributed by atoms with E-state index in [-0.39, 0.29) is 5.91 Å². The van der Waals surface area contributed by atoms with E-state index in [1.165, 1.54) is 4.90 Å². The van der Waals surface area contributed by atoms with E-state index in [1.54, 1.807) is 39.4 Å². The molecule has 114 valence electrons. The molecule has 1 rings (SSSR count). The highest BCUT2D eigenvalue weighted by molar-refractivity contribution is 6.00. The summed E-state index contributed by atoms with van der Waals surface area (Å²) in [7, 11) is 5.03. The van der Waals surface area contributed by atoms with Gasteiger partial charge in [0.25, 0.3) is 5.91 Å². The summed E-state index contributed by atoms with van der Waals surface area (Å²) in [6.45, 7) is 1.63. The van der Waals surface area contributed by atoms with E-state index in [0.29, 0.717) is 37.4 Å². The minimum absolute atomic E-state index is 0.0932. The number of rotatable bonds is 7. The number of carbonyl (C=O) groups is 1. The molecule has 0 bridgehead atoms. The second-order valence-corrected chi connectivity index (χ2v) is 4.86. The summed E-state index contributed by atoms with van der Waals surface area (Å²) in [5.74, 6) is -0.0932. The van der Waals surface area contributed by atoms with Crippen LogP contribution in [0.15, 0.2) is 18.2 Å². The van der Waals surface area contributed by atoms with Gasteiger partial charge in [-0.2, -0.15) is 5.26 Å². The predicted molar refractivity (Wildman–Crippen MR) is 83.2 cm³/mol. The molecule has 1 aromatic carbocycles. The fourth-order valence-corrected chi connectivity index (χ4v) is 1.97. The Morgan fingerprint density at radius 1 is 1.38 bits per heavy atom. The summed E-state index contributed by atoms with van der Waals surface area (Å²) < 4.78 is 5.10. The summed E-state index contributed by atoms with van der Waals surface area (Å²) in [6, 6.07) is 7.32. The van der Waals surface area contributed by atoms with Gasteiger partial charge in [-0.05, 0) is 18.2 Å². The summed E-state index contributed by atoms with van der Waals surface area (Å²) in [5.41, 5.74) is 7.74. The molecule has 2 N–H and O–H groups in total. The molecule has 0 unspecified atom stereocenters. The van der Waals surface area contributed by atoms with Crippen molar-refractivity contribution in [3.8, 4) is 6.07 Å². The van der Waals surface area contributed by atoms with Crippen molar-refractivity contribution >= 4 is 17.3 Å². The predicted octanol–water partition coefficient (Wildman–Crippen LogP) is 1.34. The summed E-state index contributed by atoms with van der Waals surface area (Å²) in [4.78, 5) is 15.8. The van der Waals surface area contributed by atoms with Crippen LogP contribution in [0.3, 0.4) is 0 Å². The average Bonchev–Trinajstić information content (AvgIpc) is 2.46. The van der Waals surface area contributed by atoms with Crippen molar-refractivity contribution in [3.05, 3.63) is 23.8 Å². The molecule has 0 aliphatic heterocycles. The maximum absolute atomic E-state index is 12.3. The molecule has 21 heavy (non-hydrogen) atoms. The standard InChI is InChI=1S/C15H22N4O2/c1-18(2)15(20)13-6-5-12(17)11-14(13)19(8-4-7-16)9-10-21-3/h5-6,11H,4,8-10,17H2,1-3H3. The van der Waals surface area contributed by atoms with Gasteiger partial charge >= 0.3 is 0 Å². The number of hydrogen-bond donors (Lipinski definition) is 1. The zero-order chi connectivity index (χ0) is 15.8. The molecule has 0 aliphatic carbocycles. The van der Waals surface area contributed by atoms with Crippen molar-refractivity contribution in [3.63, 3.8) is 0 Å². The Kier molecular flexibility index (Phi) is 6.50. The van der Waals surface area contributed by atoms with Gasteiger partial charge in [-0.3, -0.25) is 4.79 Å². The third-order valence-corrected chi connectivity index (χ3v) is 3.06. The fourth-order valence-electron chi connectivity index (χ4n) is 1.97. The van der Waals surface area contributed by atoms with Gasteiger partial charge in [0.2, 0.25) is 0 Å². The van der Waals surface area contributed by atoms with E-state index in [9.17, 15) is 4.79 Å². The summed E-state index contributed by atoms with van der Waals surface area (Å²) in [6.07, 6.45) is 0.369. The van der Waals surface area contributed by atoms with E-state index in [4.69, 9.17) is 15.7 Å². The van der Waals surface area contributed by atoms with Crippen LogP contribution in [0.25, 0.3) is 0 Å². The van der Waals surface area contributed by atoms with Crippen molar-refractivity contribution in [2.75, 3.05) is 51.5 Å². The Hall–Kier alpha value is -2.26. The minimum Gasteiger partial charge on any atom is -0.399 e. The quantitative estimate of drug-likeness (QED) is 0.766. The van der Waals surface area contributed by atoms with Crippen molar-refractivity contribution < 1.29 is 9.53 Å². The van der Waals surface area contributed by atoms with E-state index in [0.717, 1.165) is 5.69 Å². The van der Waals surface area contributed by atoms with Crippen LogP contribution in [0.5, 0.6) is 0 Å². The molecular weight excluding hydrogens is 268 g/mol. The van der Waals surface area contributed by atoms with Gasteiger partial charge in [-0.25, -0.2) is 0 Å². The SMILES string of the molecule is COCCN(CCC#N)c1cc(N)ccc1C(=O)N(C)C. The van der Waals surface area contributed by atoms with Crippen molar-refractivity contribution in [1.82, 2.24) is 4.90 Å². The number of hydrogen-bond acceptors (Lipinski definition) is 5. The molecular formula is C15H22N4O2. The summed E-state index contributed by atoms with van der Waals surface area (Å²) >= 11 is 0. The molecule has 0 heterocycles. The molecule has 0 fully saturated rings. The van der Waals surface area contributed by atoms with Crippen LogP contribution in [0, 0.1) is 11.3 Å². The van der Waals surface area contributed by atoms with Gasteiger partial charge in [0.15, 0.2) is 0 Å². The van der Waals surface area contributed by atoms with Crippen LogP contribution in [0.4, 0.5) is 11.4 Å². The Bertz CT molecular complexity index is 523. The molecule has 0 aliphatic rings. The lowest BCUT2D eigenvalue weighted by atomic mass is 10.1. The molecule has 6 nitrogen and oxygen atoms in total. The number of anilines is 2. The van der Waals surface area contributed by atoms with E-state index in [2.05, 4.69) is 6.07 Å². The monoisotopic (exact) mass is 290 g/mol. The van der Waals surface area contributed by atoms with Gasteiger partial charge < -0.3 is 20.3 Å². The first kappa shape index (κ1) is 16.8. The number of nitriles is 1. The fraction of sp³-hybridized carbons (Fsp3) is 0.467. The molecule has 6 heteroatoms. The molecule has 0 saturated heterocycles. The number of carbonyl (C=O) groups excluding carboxylic acids is 1. The van der Waals surface area contributed by atoms with Gasteiger partial charge in [0.05, 0.1) is 30.3 Å².